The Hall–Kier alpha value is -3.72. The van der Waals surface area contributed by atoms with E-state index in [1.54, 1.807) is 18.2 Å². The van der Waals surface area contributed by atoms with Gasteiger partial charge in [-0.2, -0.15) is 0 Å². The van der Waals surface area contributed by atoms with Crippen LogP contribution in [0.2, 0.25) is 5.02 Å². The van der Waals surface area contributed by atoms with Crippen molar-refractivity contribution >= 4 is 35.4 Å². The Kier molecular flexibility index (Phi) is 7.33. The first-order valence-corrected chi connectivity index (χ1v) is 12.5. The highest BCUT2D eigenvalue weighted by Crippen LogP contribution is 2.44. The smallest absolute Gasteiger partial charge is 0.488 e. The van der Waals surface area contributed by atoms with Crippen LogP contribution in [0.3, 0.4) is 0 Å². The summed E-state index contributed by atoms with van der Waals surface area (Å²) in [5.74, 6) is -1.72. The molecule has 6 nitrogen and oxygen atoms in total. The van der Waals surface area contributed by atoms with Crippen molar-refractivity contribution in [3.05, 3.63) is 81.9 Å². The fourth-order valence-corrected chi connectivity index (χ4v) is 4.90. The lowest BCUT2D eigenvalue weighted by atomic mass is 9.76. The summed E-state index contributed by atoms with van der Waals surface area (Å²) in [4.78, 5) is 25.3. The van der Waals surface area contributed by atoms with Crippen molar-refractivity contribution in [2.45, 2.75) is 57.9 Å². The Morgan fingerprint density at radius 3 is 2.46 bits per heavy atom. The number of carbonyl (C=O) groups is 2. The number of nitrogens with zero attached hydrogens (tertiary/aromatic N) is 1. The number of ether oxygens (including phenoxy) is 2. The van der Waals surface area contributed by atoms with Gasteiger partial charge in [-0.3, -0.25) is 9.69 Å². The molecule has 1 amide bonds. The zero-order valence-corrected chi connectivity index (χ0v) is 22.5. The highest BCUT2D eigenvalue weighted by molar-refractivity contribution is 6.30. The number of rotatable bonds is 7. The molecule has 10 heteroatoms. The number of carboxylic acids is 1. The van der Waals surface area contributed by atoms with E-state index in [1.807, 2.05) is 39.8 Å². The van der Waals surface area contributed by atoms with Gasteiger partial charge in [-0.25, -0.2) is 4.79 Å². The van der Waals surface area contributed by atoms with Gasteiger partial charge in [0.1, 0.15) is 22.7 Å². The number of amides is 1. The molecule has 0 unspecified atom stereocenters. The summed E-state index contributed by atoms with van der Waals surface area (Å²) in [6, 6.07) is 13.8. The number of alkyl halides is 3. The van der Waals surface area contributed by atoms with Gasteiger partial charge in [0.2, 0.25) is 6.41 Å². The lowest BCUT2D eigenvalue weighted by Crippen LogP contribution is -2.33. The van der Waals surface area contributed by atoms with Gasteiger partial charge in [0.25, 0.3) is 0 Å². The number of hydrogen-bond acceptors (Lipinski definition) is 4. The van der Waals surface area contributed by atoms with Crippen LogP contribution in [0.25, 0.3) is 0 Å². The number of anilines is 2. The number of benzene rings is 3. The summed E-state index contributed by atoms with van der Waals surface area (Å²) >= 11 is 6.37. The van der Waals surface area contributed by atoms with Gasteiger partial charge in [-0.05, 0) is 85.8 Å². The SMILES string of the molecule is CC1(C)CCc2cc(C(C)(C)c3cc(Cl)ccc3N(C=O)c3ccc(OC(F)(F)F)c(C(=O)O)c3)ccc2O1. The maximum absolute atomic E-state index is 12.8. The topological polar surface area (TPSA) is 76.1 Å². The zero-order chi connectivity index (χ0) is 28.8. The second kappa shape index (κ2) is 10.1. The predicted octanol–water partition coefficient (Wildman–Crippen LogP) is 7.66. The van der Waals surface area contributed by atoms with E-state index in [0.29, 0.717) is 22.7 Å². The van der Waals surface area contributed by atoms with E-state index in [2.05, 4.69) is 10.8 Å². The van der Waals surface area contributed by atoms with Gasteiger partial charge in [0.05, 0.1) is 5.69 Å². The molecule has 0 aromatic heterocycles. The molecule has 0 saturated carbocycles. The molecule has 0 atom stereocenters. The van der Waals surface area contributed by atoms with E-state index < -0.39 is 29.1 Å². The summed E-state index contributed by atoms with van der Waals surface area (Å²) in [5.41, 5.74) is 1.35. The average molecular weight is 562 g/mol. The average Bonchev–Trinajstić information content (AvgIpc) is 2.84. The third kappa shape index (κ3) is 5.98. The Bertz CT molecular complexity index is 1430. The molecule has 1 N–H and O–H groups in total. The Labute approximate surface area is 228 Å². The fraction of sp³-hybridized carbons (Fsp3) is 0.310. The number of hydrogen-bond donors (Lipinski definition) is 1. The first-order valence-electron chi connectivity index (χ1n) is 12.1. The van der Waals surface area contributed by atoms with Crippen LogP contribution in [-0.2, 0) is 16.6 Å². The molecule has 0 bridgehead atoms. The molecule has 206 valence electrons. The third-order valence-corrected chi connectivity index (χ3v) is 7.09. The minimum absolute atomic E-state index is 0.0392. The Balaban J connectivity index is 1.80. The number of aromatic carboxylic acids is 1. The lowest BCUT2D eigenvalue weighted by Gasteiger charge is -2.35. The van der Waals surface area contributed by atoms with Gasteiger partial charge in [-0.1, -0.05) is 37.6 Å². The number of carbonyl (C=O) groups excluding carboxylic acids is 1. The summed E-state index contributed by atoms with van der Waals surface area (Å²) in [7, 11) is 0. The molecule has 1 heterocycles. The molecule has 1 aliphatic heterocycles. The monoisotopic (exact) mass is 561 g/mol. The predicted molar refractivity (Wildman–Crippen MR) is 141 cm³/mol. The van der Waals surface area contributed by atoms with Crippen molar-refractivity contribution < 1.29 is 37.3 Å². The summed E-state index contributed by atoms with van der Waals surface area (Å²) in [5, 5.41) is 9.94. The van der Waals surface area contributed by atoms with E-state index in [1.165, 1.54) is 11.0 Å². The van der Waals surface area contributed by atoms with Crippen molar-refractivity contribution in [3.63, 3.8) is 0 Å². The molecule has 3 aromatic rings. The van der Waals surface area contributed by atoms with E-state index in [0.717, 1.165) is 41.9 Å². The minimum Gasteiger partial charge on any atom is -0.488 e. The number of aryl methyl sites for hydroxylation is 1. The Morgan fingerprint density at radius 1 is 1.10 bits per heavy atom. The Morgan fingerprint density at radius 2 is 1.82 bits per heavy atom. The summed E-state index contributed by atoms with van der Waals surface area (Å²) in [6.45, 7) is 8.00. The standard InChI is InChI=1S/C29H27ClF3NO5/c1-27(2)12-11-17-13-18(5-9-24(17)38-27)28(3,4)22-14-19(30)6-8-23(22)34(16-35)20-7-10-25(39-29(31,32)33)21(15-20)26(36)37/h5-10,13-16H,11-12H2,1-4H3,(H,36,37). The number of carboxylic acid groups (broad SMARTS) is 1. The first kappa shape index (κ1) is 28.3. The second-order valence-corrected chi connectivity index (χ2v) is 10.9. The third-order valence-electron chi connectivity index (χ3n) is 6.86. The van der Waals surface area contributed by atoms with E-state index in [4.69, 9.17) is 16.3 Å². The van der Waals surface area contributed by atoms with Crippen LogP contribution < -0.4 is 14.4 Å². The number of halogens is 4. The van der Waals surface area contributed by atoms with Crippen molar-refractivity contribution in [3.8, 4) is 11.5 Å². The molecule has 0 aliphatic carbocycles. The van der Waals surface area contributed by atoms with Gasteiger partial charge < -0.3 is 14.6 Å². The normalized spacial score (nSPS) is 14.7. The molecule has 3 aromatic carbocycles. The molecule has 4 rings (SSSR count). The highest BCUT2D eigenvalue weighted by Gasteiger charge is 2.34. The zero-order valence-electron chi connectivity index (χ0n) is 21.7. The first-order chi connectivity index (χ1) is 18.1. The van der Waals surface area contributed by atoms with Gasteiger partial charge in [0, 0.05) is 16.1 Å². The minimum atomic E-state index is -5.08. The largest absolute Gasteiger partial charge is 0.573 e. The maximum atomic E-state index is 12.8. The molecule has 0 spiro atoms. The van der Waals surface area contributed by atoms with Gasteiger partial charge in [-0.15, -0.1) is 13.2 Å². The van der Waals surface area contributed by atoms with Crippen LogP contribution in [-0.4, -0.2) is 29.4 Å². The summed E-state index contributed by atoms with van der Waals surface area (Å²) in [6.07, 6.45) is -2.93. The van der Waals surface area contributed by atoms with Crippen LogP contribution in [0.15, 0.2) is 54.6 Å². The van der Waals surface area contributed by atoms with Gasteiger partial charge in [0.15, 0.2) is 0 Å². The van der Waals surface area contributed by atoms with Crippen LogP contribution in [0, 0.1) is 0 Å². The molecule has 1 aliphatic rings. The summed E-state index contributed by atoms with van der Waals surface area (Å²) < 4.78 is 48.4. The number of fused-ring (bicyclic) bond motifs is 1. The van der Waals surface area contributed by atoms with E-state index in [-0.39, 0.29) is 11.3 Å². The van der Waals surface area contributed by atoms with Crippen LogP contribution in [0.5, 0.6) is 11.5 Å². The highest BCUT2D eigenvalue weighted by atomic mass is 35.5. The lowest BCUT2D eigenvalue weighted by molar-refractivity contribution is -0.274. The molecular formula is C29H27ClF3NO5. The van der Waals surface area contributed by atoms with Crippen molar-refractivity contribution in [2.75, 3.05) is 4.90 Å². The molecule has 39 heavy (non-hydrogen) atoms. The molecule has 0 saturated heterocycles. The van der Waals surface area contributed by atoms with E-state index in [9.17, 15) is 27.9 Å². The maximum Gasteiger partial charge on any atom is 0.573 e. The van der Waals surface area contributed by atoms with Gasteiger partial charge >= 0.3 is 12.3 Å². The van der Waals surface area contributed by atoms with Crippen LogP contribution in [0.4, 0.5) is 24.5 Å². The second-order valence-electron chi connectivity index (χ2n) is 10.5. The van der Waals surface area contributed by atoms with Crippen LogP contribution in [0.1, 0.15) is 61.2 Å². The quantitative estimate of drug-likeness (QED) is 0.300. The van der Waals surface area contributed by atoms with Crippen molar-refractivity contribution in [1.82, 2.24) is 0 Å². The molecule has 0 fully saturated rings. The fourth-order valence-electron chi connectivity index (χ4n) is 4.73. The van der Waals surface area contributed by atoms with Crippen molar-refractivity contribution in [2.24, 2.45) is 0 Å². The van der Waals surface area contributed by atoms with E-state index >= 15 is 0 Å². The molecule has 0 radical (unpaired) electrons. The molecular weight excluding hydrogens is 535 g/mol. The van der Waals surface area contributed by atoms with Crippen molar-refractivity contribution in [1.29, 1.82) is 0 Å². The van der Waals surface area contributed by atoms with Crippen LogP contribution >= 0.6 is 11.6 Å².